The summed E-state index contributed by atoms with van der Waals surface area (Å²) < 4.78 is 26.7. The lowest BCUT2D eigenvalue weighted by molar-refractivity contribution is -0.0456. The van der Waals surface area contributed by atoms with E-state index in [2.05, 4.69) is 37.1 Å². The summed E-state index contributed by atoms with van der Waals surface area (Å²) in [7, 11) is 0. The van der Waals surface area contributed by atoms with Gasteiger partial charge in [-0.05, 0) is 67.1 Å². The number of benzene rings is 1. The first-order chi connectivity index (χ1) is 19.9. The average molecular weight is 745 g/mol. The Kier molecular flexibility index (Phi) is 9.04. The molecule has 14 heteroatoms. The van der Waals surface area contributed by atoms with Crippen LogP contribution in [0.4, 0.5) is 20.7 Å². The van der Waals surface area contributed by atoms with Crippen molar-refractivity contribution < 1.29 is 18.7 Å². The highest BCUT2D eigenvalue weighted by Gasteiger charge is 2.54. The molecule has 222 valence electrons. The van der Waals surface area contributed by atoms with Gasteiger partial charge in [-0.2, -0.15) is 0 Å². The van der Waals surface area contributed by atoms with E-state index in [1.165, 1.54) is 24.7 Å². The van der Waals surface area contributed by atoms with Crippen LogP contribution >= 0.6 is 51.6 Å². The van der Waals surface area contributed by atoms with Crippen LogP contribution in [0, 0.1) is 16.6 Å². The van der Waals surface area contributed by atoms with Gasteiger partial charge in [0, 0.05) is 78.9 Å². The van der Waals surface area contributed by atoms with Gasteiger partial charge in [0.05, 0.1) is 15.8 Å². The van der Waals surface area contributed by atoms with Crippen LogP contribution in [0.2, 0.25) is 10.0 Å². The van der Waals surface area contributed by atoms with E-state index < -0.39 is 11.4 Å². The fraction of sp³-hybridized carbons (Fsp3) is 0.357. The summed E-state index contributed by atoms with van der Waals surface area (Å²) in [4.78, 5) is 24.2. The Morgan fingerprint density at radius 2 is 1.86 bits per heavy atom. The molecule has 2 N–H and O–H groups in total. The van der Waals surface area contributed by atoms with E-state index >= 15 is 4.39 Å². The Bertz CT molecular complexity index is 1510. The second-order valence-electron chi connectivity index (χ2n) is 11.4. The largest absolute Gasteiger partial charge is 0.489 e. The first kappa shape index (κ1) is 31.0. The maximum atomic E-state index is 15.3. The number of aromatic nitrogens is 2. The van der Waals surface area contributed by atoms with Crippen molar-refractivity contribution in [3.05, 3.63) is 75.4 Å². The lowest BCUT2D eigenvalue weighted by Gasteiger charge is -2.60. The summed E-state index contributed by atoms with van der Waals surface area (Å²) in [6.45, 7) is 7.99. The molecule has 2 aromatic heterocycles. The van der Waals surface area contributed by atoms with Crippen LogP contribution in [0.3, 0.4) is 0 Å². The highest BCUT2D eigenvalue weighted by molar-refractivity contribution is 14.2. The lowest BCUT2D eigenvalue weighted by atomic mass is 9.73. The van der Waals surface area contributed by atoms with Gasteiger partial charge in [-0.15, -0.1) is 0 Å². The molecule has 2 aliphatic rings. The van der Waals surface area contributed by atoms with E-state index in [4.69, 9.17) is 38.1 Å². The van der Waals surface area contributed by atoms with E-state index in [9.17, 15) is 4.79 Å². The van der Waals surface area contributed by atoms with E-state index in [0.717, 1.165) is 0 Å². The van der Waals surface area contributed by atoms with Crippen LogP contribution in [0.25, 0.3) is 0 Å². The fourth-order valence-corrected chi connectivity index (χ4v) is 6.66. The van der Waals surface area contributed by atoms with Crippen LogP contribution in [-0.4, -0.2) is 58.5 Å². The van der Waals surface area contributed by atoms with Crippen molar-refractivity contribution in [2.24, 2.45) is 5.41 Å². The molecule has 1 amide bonds. The molecule has 0 aliphatic carbocycles. The van der Waals surface area contributed by atoms with Crippen molar-refractivity contribution in [2.45, 2.75) is 33.0 Å². The fourth-order valence-electron chi connectivity index (χ4n) is 5.00. The molecule has 2 aliphatic heterocycles. The first-order valence-electron chi connectivity index (χ1n) is 13.0. The second kappa shape index (κ2) is 12.3. The predicted octanol–water partition coefficient (Wildman–Crippen LogP) is 7.33. The lowest BCUT2D eigenvalue weighted by Crippen LogP contribution is -2.73. The minimum Gasteiger partial charge on any atom is -0.489 e. The topological polar surface area (TPSA) is 104 Å². The van der Waals surface area contributed by atoms with Gasteiger partial charge < -0.3 is 24.4 Å². The normalized spacial score (nSPS) is 15.9. The molecule has 5 rings (SSSR count). The number of rotatable bonds is 8. The molecule has 3 aromatic rings. The quantitative estimate of drug-likeness (QED) is 0.142. The Hall–Kier alpha value is -2.47. The molecular formula is C28H29Cl2FIN6O3P. The van der Waals surface area contributed by atoms with Crippen molar-refractivity contribution in [1.29, 1.82) is 5.41 Å². The number of halogens is 4. The van der Waals surface area contributed by atoms with Gasteiger partial charge >= 0.3 is 6.09 Å². The van der Waals surface area contributed by atoms with Crippen molar-refractivity contribution in [2.75, 3.05) is 36.2 Å². The number of likely N-dealkylation sites (tertiary alicyclic amines) is 1. The van der Waals surface area contributed by atoms with E-state index in [1.807, 2.05) is 31.7 Å². The Labute approximate surface area is 268 Å². The summed E-state index contributed by atoms with van der Waals surface area (Å²) in [6, 6.07) is 6.66. The van der Waals surface area contributed by atoms with E-state index in [0.29, 0.717) is 70.7 Å². The predicted molar refractivity (Wildman–Crippen MR) is 174 cm³/mol. The molecule has 1 atom stereocenters. The standard InChI is InChI=1S/C28H29Cl2FIN6O3P/c1-27(2,3)41-26(39)38-14-28(15-38)12-37(13-28)25-22(31)6-16(8-35-25)24(33)18-7-17(4-5-23(18)36-42-32)40-11-19-20(29)9-34-10-21(19)30/h4-10,33,36,42H,11-15H2,1-3H3. The van der Waals surface area contributed by atoms with Crippen molar-refractivity contribution in [3.8, 4) is 5.75 Å². The summed E-state index contributed by atoms with van der Waals surface area (Å²) >= 11 is 14.6. The molecule has 2 saturated heterocycles. The monoisotopic (exact) mass is 744 g/mol. The molecule has 0 saturated carbocycles. The number of nitrogens with one attached hydrogen (secondary N) is 2. The molecule has 42 heavy (non-hydrogen) atoms. The third-order valence-corrected chi connectivity index (χ3v) is 8.77. The highest BCUT2D eigenvalue weighted by Crippen LogP contribution is 2.42. The number of nitrogens with zero attached hydrogens (tertiary/aromatic N) is 4. The zero-order chi connectivity index (χ0) is 30.2. The number of amides is 1. The minimum atomic E-state index is -0.543. The van der Waals surface area contributed by atoms with Crippen molar-refractivity contribution >= 4 is 74.9 Å². The van der Waals surface area contributed by atoms with Gasteiger partial charge in [0.15, 0.2) is 11.6 Å². The molecule has 1 spiro atoms. The van der Waals surface area contributed by atoms with Gasteiger partial charge in [0.2, 0.25) is 0 Å². The first-order valence-corrected chi connectivity index (χ1v) is 17.9. The highest BCUT2D eigenvalue weighted by atomic mass is 127. The number of hydrogen-bond acceptors (Lipinski definition) is 8. The molecule has 2 fully saturated rings. The number of ether oxygens (including phenoxy) is 2. The van der Waals surface area contributed by atoms with Crippen LogP contribution in [-0.2, 0) is 11.3 Å². The molecule has 4 heterocycles. The number of carbonyl (C=O) groups is 1. The minimum absolute atomic E-state index is 0.0671. The Morgan fingerprint density at radius 3 is 2.48 bits per heavy atom. The average Bonchev–Trinajstić information content (AvgIpc) is 2.87. The van der Waals surface area contributed by atoms with Crippen molar-refractivity contribution in [3.63, 3.8) is 0 Å². The maximum absolute atomic E-state index is 15.3. The second-order valence-corrected chi connectivity index (χ2v) is 14.3. The van der Waals surface area contributed by atoms with Gasteiger partial charge in [-0.25, -0.2) is 14.2 Å². The molecule has 1 aromatic carbocycles. The summed E-state index contributed by atoms with van der Waals surface area (Å²) in [5.74, 6) is 0.233. The van der Waals surface area contributed by atoms with Crippen LogP contribution in [0.15, 0.2) is 42.9 Å². The zero-order valence-corrected chi connectivity index (χ0v) is 27.8. The van der Waals surface area contributed by atoms with Gasteiger partial charge in [-0.3, -0.25) is 10.4 Å². The Balaban J connectivity index is 1.26. The molecule has 9 nitrogen and oxygen atoms in total. The van der Waals surface area contributed by atoms with Gasteiger partial charge in [0.25, 0.3) is 0 Å². The summed E-state index contributed by atoms with van der Waals surface area (Å²) in [5, 5.41) is 12.9. The van der Waals surface area contributed by atoms with Crippen molar-refractivity contribution in [1.82, 2.24) is 14.9 Å². The van der Waals surface area contributed by atoms with Crippen LogP contribution in [0.1, 0.15) is 37.5 Å². The van der Waals surface area contributed by atoms with Gasteiger partial charge in [-0.1, -0.05) is 23.2 Å². The van der Waals surface area contributed by atoms with E-state index in [-0.39, 0.29) is 29.6 Å². The van der Waals surface area contributed by atoms with Crippen LogP contribution in [0.5, 0.6) is 5.75 Å². The SMILES string of the molecule is CC(C)(C)OC(=O)N1CC2(C1)CN(c1ncc(C(=N)c3cc(OCc4c(Cl)cncc4Cl)ccc3NPI)cc1F)C2. The summed E-state index contributed by atoms with van der Waals surface area (Å²) in [5.41, 5.74) is 1.69. The maximum Gasteiger partial charge on any atom is 0.410 e. The van der Waals surface area contributed by atoms with E-state index in [1.54, 1.807) is 17.0 Å². The third-order valence-electron chi connectivity index (χ3n) is 6.94. The molecule has 0 radical (unpaired) electrons. The molecular weight excluding hydrogens is 716 g/mol. The number of carbonyl (C=O) groups excluding carboxylic acids is 1. The van der Waals surface area contributed by atoms with Gasteiger partial charge in [0.1, 0.15) is 18.0 Å². The van der Waals surface area contributed by atoms with Crippen LogP contribution < -0.4 is 14.7 Å². The number of hydrogen-bond donors (Lipinski definition) is 2. The smallest absolute Gasteiger partial charge is 0.410 e. The Morgan fingerprint density at radius 1 is 1.17 bits per heavy atom. The molecule has 1 unspecified atom stereocenters. The third kappa shape index (κ3) is 6.69. The zero-order valence-electron chi connectivity index (χ0n) is 23.1. The summed E-state index contributed by atoms with van der Waals surface area (Å²) in [6.07, 6.45) is 4.54. The number of anilines is 2. The molecule has 0 bridgehead atoms. The number of pyridine rings is 2.